The zero-order chi connectivity index (χ0) is 34.6. The first kappa shape index (κ1) is 33.1. The number of amides is 3. The first-order valence-corrected chi connectivity index (χ1v) is 18.1. The molecule has 2 aliphatic heterocycles. The Balaban J connectivity index is 1.60. The van der Waals surface area contributed by atoms with Gasteiger partial charge in [-0.15, -0.1) is 0 Å². The number of fused-ring (bicyclic) bond motifs is 2. The number of hydrogen-bond donors (Lipinski definition) is 2. The molecule has 49 heavy (non-hydrogen) atoms. The van der Waals surface area contributed by atoms with Gasteiger partial charge in [-0.3, -0.25) is 19.3 Å². The summed E-state index contributed by atoms with van der Waals surface area (Å²) in [5.41, 5.74) is 1.97. The van der Waals surface area contributed by atoms with Crippen molar-refractivity contribution < 1.29 is 29.0 Å². The van der Waals surface area contributed by atoms with Crippen molar-refractivity contribution in [1.29, 1.82) is 0 Å². The highest BCUT2D eigenvalue weighted by atomic mass is 16.5. The summed E-state index contributed by atoms with van der Waals surface area (Å²) in [5, 5.41) is 19.9. The summed E-state index contributed by atoms with van der Waals surface area (Å²) in [7, 11) is 1.52. The van der Waals surface area contributed by atoms with Gasteiger partial charge in [-0.25, -0.2) is 0 Å². The Kier molecular flexibility index (Phi) is 8.86. The van der Waals surface area contributed by atoms with Gasteiger partial charge in [0.2, 0.25) is 0 Å². The highest BCUT2D eigenvalue weighted by molar-refractivity contribution is 6.41. The number of rotatable bonds is 14. The summed E-state index contributed by atoms with van der Waals surface area (Å²) >= 11 is 0. The number of unbranched alkanes of at least 4 members (excludes halogenated alkanes) is 2. The van der Waals surface area contributed by atoms with E-state index in [1.807, 2.05) is 30.3 Å². The van der Waals surface area contributed by atoms with E-state index in [0.29, 0.717) is 69.6 Å². The maximum atomic E-state index is 13.8. The lowest BCUT2D eigenvalue weighted by Gasteiger charge is -2.30. The van der Waals surface area contributed by atoms with E-state index in [1.54, 1.807) is 6.07 Å². The fourth-order valence-electron chi connectivity index (χ4n) is 7.98. The molecule has 0 saturated heterocycles. The molecule has 0 saturated carbocycles. The van der Waals surface area contributed by atoms with E-state index in [9.17, 15) is 19.5 Å². The topological polar surface area (TPSA) is 105 Å². The first-order valence-electron chi connectivity index (χ1n) is 18.1. The average Bonchev–Trinajstić information content (AvgIpc) is 3.11. The molecule has 2 aliphatic rings. The molecule has 0 fully saturated rings. The van der Waals surface area contributed by atoms with Gasteiger partial charge in [0.15, 0.2) is 6.23 Å². The summed E-state index contributed by atoms with van der Waals surface area (Å²) in [6.45, 7) is 9.69. The molecule has 0 bridgehead atoms. The second-order valence-electron chi connectivity index (χ2n) is 14.0. The van der Waals surface area contributed by atoms with Crippen LogP contribution in [0.1, 0.15) is 122 Å². The maximum Gasteiger partial charge on any atom is 0.261 e. The Morgan fingerprint density at radius 2 is 1.22 bits per heavy atom. The van der Waals surface area contributed by atoms with Crippen LogP contribution in [0.3, 0.4) is 0 Å². The molecular weight excluding hydrogens is 616 g/mol. The molecule has 3 unspecified atom stereocenters. The number of nitrogens with one attached hydrogen (secondary N) is 1. The lowest BCUT2D eigenvalue weighted by Crippen LogP contribution is -2.37. The molecule has 0 radical (unpaired) electrons. The van der Waals surface area contributed by atoms with Gasteiger partial charge in [0.1, 0.15) is 11.5 Å². The number of aliphatic hydroxyl groups excluding tert-OH is 1. The van der Waals surface area contributed by atoms with Crippen LogP contribution in [0.4, 0.5) is 0 Å². The molecule has 0 aromatic heterocycles. The second kappa shape index (κ2) is 13.1. The fourth-order valence-corrected chi connectivity index (χ4v) is 7.98. The summed E-state index contributed by atoms with van der Waals surface area (Å²) in [5.74, 6) is 0.714. The molecule has 0 aliphatic carbocycles. The minimum atomic E-state index is -1.16. The van der Waals surface area contributed by atoms with Crippen LogP contribution in [0, 0.1) is 11.8 Å². The van der Waals surface area contributed by atoms with E-state index in [-0.39, 0.29) is 17.7 Å². The van der Waals surface area contributed by atoms with Crippen LogP contribution in [-0.4, -0.2) is 48.0 Å². The Bertz CT molecular complexity index is 2120. The summed E-state index contributed by atoms with van der Waals surface area (Å²) < 4.78 is 13.6. The second-order valence-corrected chi connectivity index (χ2v) is 14.0. The third-order valence-corrected chi connectivity index (χ3v) is 11.0. The fraction of sp³-hybridized carbons (Fsp3) is 0.439. The largest absolute Gasteiger partial charge is 0.493 e. The highest BCUT2D eigenvalue weighted by Crippen LogP contribution is 2.52. The zero-order valence-electron chi connectivity index (χ0n) is 29.2. The molecule has 3 amide bonds. The van der Waals surface area contributed by atoms with E-state index in [1.165, 1.54) is 11.9 Å². The Labute approximate surface area is 287 Å². The van der Waals surface area contributed by atoms with Gasteiger partial charge in [0, 0.05) is 50.5 Å². The first-order chi connectivity index (χ1) is 23.7. The van der Waals surface area contributed by atoms with E-state index in [0.717, 1.165) is 83.7 Å². The van der Waals surface area contributed by atoms with Crippen molar-refractivity contribution in [3.8, 4) is 11.5 Å². The molecule has 256 valence electrons. The molecular formula is C41H46N2O6. The molecule has 5 aromatic carbocycles. The van der Waals surface area contributed by atoms with Gasteiger partial charge < -0.3 is 19.9 Å². The standard InChI is InChI=1S/C41H46N2O6/c1-6-10-12-22(8-3)20-48-30-18-28-32-26(38(44)42-39(28)45)16-14-24-25-15-17-27-33-29(41(47)43(5)40(27)46)19-31(37(35(25)33)36(30)34(24)32)49-21-23(9-4)13-11-7-2/h14-19,22-23,38,44H,6-13,20-21H2,1-5H3,(H,42,45). The van der Waals surface area contributed by atoms with E-state index >= 15 is 0 Å². The van der Waals surface area contributed by atoms with Crippen molar-refractivity contribution in [2.75, 3.05) is 20.3 Å². The normalized spacial score (nSPS) is 17.1. The van der Waals surface area contributed by atoms with Crippen LogP contribution in [0.15, 0.2) is 36.4 Å². The average molecular weight is 663 g/mol. The van der Waals surface area contributed by atoms with Crippen LogP contribution >= 0.6 is 0 Å². The Morgan fingerprint density at radius 1 is 0.694 bits per heavy atom. The summed E-state index contributed by atoms with van der Waals surface area (Å²) in [6.07, 6.45) is 7.26. The Morgan fingerprint density at radius 3 is 1.80 bits per heavy atom. The predicted molar refractivity (Wildman–Crippen MR) is 194 cm³/mol. The number of carbonyl (C=O) groups is 3. The third kappa shape index (κ3) is 5.27. The van der Waals surface area contributed by atoms with Gasteiger partial charge in [-0.05, 0) is 53.6 Å². The van der Waals surface area contributed by atoms with Crippen LogP contribution in [-0.2, 0) is 0 Å². The zero-order valence-corrected chi connectivity index (χ0v) is 29.2. The number of ether oxygens (including phenoxy) is 2. The van der Waals surface area contributed by atoms with Crippen molar-refractivity contribution in [2.24, 2.45) is 11.8 Å². The maximum absolute atomic E-state index is 13.8. The highest BCUT2D eigenvalue weighted by Gasteiger charge is 2.36. The molecule has 8 heteroatoms. The van der Waals surface area contributed by atoms with Crippen molar-refractivity contribution in [3.63, 3.8) is 0 Å². The summed E-state index contributed by atoms with van der Waals surface area (Å²) in [4.78, 5) is 42.0. The van der Waals surface area contributed by atoms with Gasteiger partial charge in [0.05, 0.1) is 24.3 Å². The minimum Gasteiger partial charge on any atom is -0.493 e. The smallest absolute Gasteiger partial charge is 0.261 e. The molecule has 8 nitrogen and oxygen atoms in total. The van der Waals surface area contributed by atoms with Gasteiger partial charge >= 0.3 is 0 Å². The molecule has 2 N–H and O–H groups in total. The quantitative estimate of drug-likeness (QED) is 0.0699. The SMILES string of the molecule is CCCCC(CC)COc1cc2c3c(ccc4c5ccc6c7c(cc(OCC(CC)CCCC)c(c1c34)c75)C(=O)NC6O)C(=O)N(C)C2=O. The number of benzene rings is 5. The number of imide groups is 1. The number of hydrogen-bond acceptors (Lipinski definition) is 6. The lowest BCUT2D eigenvalue weighted by atomic mass is 9.81. The molecule has 3 atom stereocenters. The van der Waals surface area contributed by atoms with Crippen LogP contribution in [0.2, 0.25) is 0 Å². The van der Waals surface area contributed by atoms with Crippen LogP contribution in [0.5, 0.6) is 11.5 Å². The number of aliphatic hydroxyl groups is 1. The third-order valence-electron chi connectivity index (χ3n) is 11.0. The lowest BCUT2D eigenvalue weighted by molar-refractivity contribution is 0.0649. The molecule has 7 rings (SSSR count). The van der Waals surface area contributed by atoms with Crippen LogP contribution < -0.4 is 14.8 Å². The number of carbonyl (C=O) groups excluding carboxylic acids is 3. The van der Waals surface area contributed by atoms with Gasteiger partial charge in [-0.1, -0.05) is 84.4 Å². The Hall–Kier alpha value is -4.43. The van der Waals surface area contributed by atoms with E-state index < -0.39 is 6.23 Å². The number of nitrogens with zero attached hydrogens (tertiary/aromatic N) is 1. The van der Waals surface area contributed by atoms with Gasteiger partial charge in [-0.2, -0.15) is 0 Å². The minimum absolute atomic E-state index is 0.332. The van der Waals surface area contributed by atoms with Crippen molar-refractivity contribution in [3.05, 3.63) is 58.7 Å². The summed E-state index contributed by atoms with van der Waals surface area (Å²) in [6, 6.07) is 11.2. The van der Waals surface area contributed by atoms with E-state index in [4.69, 9.17) is 9.47 Å². The van der Waals surface area contributed by atoms with Crippen molar-refractivity contribution in [1.82, 2.24) is 10.2 Å². The van der Waals surface area contributed by atoms with Gasteiger partial charge in [0.25, 0.3) is 17.7 Å². The van der Waals surface area contributed by atoms with Crippen LogP contribution in [0.25, 0.3) is 43.1 Å². The predicted octanol–water partition coefficient (Wildman–Crippen LogP) is 8.89. The monoisotopic (exact) mass is 662 g/mol. The molecule has 0 spiro atoms. The van der Waals surface area contributed by atoms with Crippen molar-refractivity contribution in [2.45, 2.75) is 85.3 Å². The van der Waals surface area contributed by atoms with Crippen molar-refractivity contribution >= 4 is 60.8 Å². The van der Waals surface area contributed by atoms with E-state index in [2.05, 4.69) is 33.0 Å². The molecule has 2 heterocycles. The molecule has 5 aromatic rings.